The summed E-state index contributed by atoms with van der Waals surface area (Å²) in [4.78, 5) is 7.45. The van der Waals surface area contributed by atoms with Crippen molar-refractivity contribution in [2.45, 2.75) is 45.4 Å². The van der Waals surface area contributed by atoms with E-state index in [1.165, 1.54) is 24.9 Å². The maximum absolute atomic E-state index is 13.0. The minimum absolute atomic E-state index is 0.182. The molecule has 0 fully saturated rings. The Bertz CT molecular complexity index is 553. The largest absolute Gasteiger partial charge is 0.443 e. The number of halogens is 3. The molecule has 0 radical (unpaired) electrons. The van der Waals surface area contributed by atoms with Crippen molar-refractivity contribution in [1.29, 1.82) is 0 Å². The molecule has 0 aliphatic rings. The van der Waals surface area contributed by atoms with Gasteiger partial charge in [-0.2, -0.15) is 13.2 Å². The van der Waals surface area contributed by atoms with E-state index in [0.717, 1.165) is 6.07 Å². The maximum atomic E-state index is 13.0. The third-order valence-electron chi connectivity index (χ3n) is 2.98. The van der Waals surface area contributed by atoms with Crippen LogP contribution in [0.2, 0.25) is 0 Å². The molecular formula is C15H19F3N2O2. The van der Waals surface area contributed by atoms with Crippen molar-refractivity contribution in [3.05, 3.63) is 36.6 Å². The van der Waals surface area contributed by atoms with Gasteiger partial charge in [-0.25, -0.2) is 4.98 Å². The highest BCUT2D eigenvalue weighted by Crippen LogP contribution is 2.41. The van der Waals surface area contributed by atoms with E-state index in [1.807, 2.05) is 13.8 Å². The first kappa shape index (κ1) is 18.2. The summed E-state index contributed by atoms with van der Waals surface area (Å²) >= 11 is 0. The summed E-state index contributed by atoms with van der Waals surface area (Å²) < 4.78 is 44.1. The molecule has 22 heavy (non-hydrogen) atoms. The minimum Gasteiger partial charge on any atom is -0.443 e. The molecule has 2 rings (SSSR count). The van der Waals surface area contributed by atoms with Crippen LogP contribution in [0, 0.1) is 0 Å². The molecule has 122 valence electrons. The molecule has 4 nitrogen and oxygen atoms in total. The Morgan fingerprint density at radius 3 is 2.27 bits per heavy atom. The highest BCUT2D eigenvalue weighted by Gasteiger charge is 2.55. The first-order valence-electron chi connectivity index (χ1n) is 7.03. The molecule has 0 saturated heterocycles. The van der Waals surface area contributed by atoms with Crippen LogP contribution in [0.4, 0.5) is 13.2 Å². The Labute approximate surface area is 127 Å². The van der Waals surface area contributed by atoms with Gasteiger partial charge in [0.15, 0.2) is 12.2 Å². The first-order chi connectivity index (χ1) is 10.4. The number of aromatic nitrogens is 2. The van der Waals surface area contributed by atoms with E-state index < -0.39 is 23.9 Å². The van der Waals surface area contributed by atoms with Crippen molar-refractivity contribution in [1.82, 2.24) is 9.97 Å². The predicted molar refractivity (Wildman–Crippen MR) is 75.9 cm³/mol. The maximum Gasteiger partial charge on any atom is 0.422 e. The summed E-state index contributed by atoms with van der Waals surface area (Å²) in [6.45, 7) is 5.57. The number of nitrogens with zero attached hydrogens (tertiary/aromatic N) is 2. The van der Waals surface area contributed by atoms with Crippen LogP contribution in [-0.4, -0.2) is 21.3 Å². The lowest BCUT2D eigenvalue weighted by Crippen LogP contribution is -2.42. The van der Waals surface area contributed by atoms with E-state index in [4.69, 9.17) is 4.42 Å². The van der Waals surface area contributed by atoms with Crippen LogP contribution in [0.5, 0.6) is 0 Å². The van der Waals surface area contributed by atoms with Gasteiger partial charge in [0.2, 0.25) is 5.60 Å². The molecule has 0 aliphatic carbocycles. The van der Waals surface area contributed by atoms with Crippen molar-refractivity contribution < 1.29 is 22.7 Å². The van der Waals surface area contributed by atoms with Crippen LogP contribution in [0.3, 0.4) is 0 Å². The molecule has 0 aromatic carbocycles. The number of oxazole rings is 1. The van der Waals surface area contributed by atoms with Gasteiger partial charge >= 0.3 is 6.18 Å². The quantitative estimate of drug-likeness (QED) is 0.913. The Balaban J connectivity index is 0.00000116. The average molecular weight is 316 g/mol. The zero-order chi connectivity index (χ0) is 16.8. The third-order valence-corrected chi connectivity index (χ3v) is 2.98. The lowest BCUT2D eigenvalue weighted by atomic mass is 9.92. The monoisotopic (exact) mass is 316 g/mol. The number of rotatable bonds is 4. The van der Waals surface area contributed by atoms with Gasteiger partial charge in [0.1, 0.15) is 0 Å². The lowest BCUT2D eigenvalue weighted by Gasteiger charge is -2.29. The highest BCUT2D eigenvalue weighted by molar-refractivity contribution is 5.54. The second kappa shape index (κ2) is 7.40. The third kappa shape index (κ3) is 3.65. The fourth-order valence-electron chi connectivity index (χ4n) is 1.92. The van der Waals surface area contributed by atoms with Crippen LogP contribution in [0.25, 0.3) is 11.3 Å². The van der Waals surface area contributed by atoms with Crippen LogP contribution >= 0.6 is 0 Å². The summed E-state index contributed by atoms with van der Waals surface area (Å²) in [7, 11) is 0. The average Bonchev–Trinajstić information content (AvgIpc) is 3.03. The van der Waals surface area contributed by atoms with E-state index in [0.29, 0.717) is 11.3 Å². The number of hydrogen-bond acceptors (Lipinski definition) is 4. The Kier molecular flexibility index (Phi) is 6.11. The van der Waals surface area contributed by atoms with Crippen molar-refractivity contribution in [3.63, 3.8) is 0 Å². The zero-order valence-corrected chi connectivity index (χ0v) is 12.7. The van der Waals surface area contributed by atoms with E-state index in [1.54, 1.807) is 6.92 Å². The molecule has 1 unspecified atom stereocenters. The number of aliphatic hydroxyl groups is 1. The molecular weight excluding hydrogens is 297 g/mol. The van der Waals surface area contributed by atoms with E-state index in [9.17, 15) is 18.3 Å². The van der Waals surface area contributed by atoms with Gasteiger partial charge in [-0.3, -0.25) is 4.98 Å². The fraction of sp³-hybridized carbons (Fsp3) is 0.467. The molecule has 0 aliphatic heterocycles. The van der Waals surface area contributed by atoms with Gasteiger partial charge in [0.25, 0.3) is 0 Å². The Morgan fingerprint density at radius 1 is 1.18 bits per heavy atom. The van der Waals surface area contributed by atoms with Crippen LogP contribution in [0.15, 0.2) is 35.3 Å². The predicted octanol–water partition coefficient (Wildman–Crippen LogP) is 4.31. The summed E-state index contributed by atoms with van der Waals surface area (Å²) in [5, 5.41) is 9.92. The minimum atomic E-state index is -4.77. The van der Waals surface area contributed by atoms with Crippen LogP contribution < -0.4 is 0 Å². The molecule has 0 amide bonds. The highest BCUT2D eigenvalue weighted by atomic mass is 19.4. The van der Waals surface area contributed by atoms with Gasteiger partial charge < -0.3 is 9.52 Å². The van der Waals surface area contributed by atoms with Crippen molar-refractivity contribution in [2.75, 3.05) is 0 Å². The topological polar surface area (TPSA) is 59.2 Å². The van der Waals surface area contributed by atoms with Gasteiger partial charge in [-0.15, -0.1) is 0 Å². The van der Waals surface area contributed by atoms with Crippen LogP contribution in [-0.2, 0) is 5.60 Å². The molecule has 0 spiro atoms. The Morgan fingerprint density at radius 2 is 1.86 bits per heavy atom. The summed E-state index contributed by atoms with van der Waals surface area (Å²) in [5.74, 6) is 0.398. The number of hydrogen-bond donors (Lipinski definition) is 1. The molecule has 2 aromatic rings. The Hall–Kier alpha value is -1.89. The molecule has 1 atom stereocenters. The summed E-state index contributed by atoms with van der Waals surface area (Å²) in [6, 6.07) is 2.57. The van der Waals surface area contributed by atoms with Gasteiger partial charge in [0.05, 0.1) is 11.9 Å². The number of pyridine rings is 1. The summed E-state index contributed by atoms with van der Waals surface area (Å²) in [6.07, 6.45) is -1.16. The molecule has 1 N–H and O–H groups in total. The zero-order valence-electron chi connectivity index (χ0n) is 12.7. The second-order valence-electron chi connectivity index (χ2n) is 4.41. The standard InChI is InChI=1S/C13H13F3N2O2.C2H6/c1-2-5-12(19,13(14,15)16)11-4-3-9(6-18-11)10-7-17-8-20-10;1-2/h3-4,6-8,19H,2,5H2,1H3;1-2H3. The number of alkyl halides is 3. The van der Waals surface area contributed by atoms with Gasteiger partial charge in [0, 0.05) is 11.8 Å². The van der Waals surface area contributed by atoms with E-state index in [-0.39, 0.29) is 6.42 Å². The normalized spacial score (nSPS) is 14.0. The SMILES string of the molecule is CC.CCCC(O)(c1ccc(-c2cnco2)cn1)C(F)(F)F. The van der Waals surface area contributed by atoms with E-state index in [2.05, 4.69) is 9.97 Å². The first-order valence-corrected chi connectivity index (χ1v) is 7.03. The molecule has 2 aromatic heterocycles. The van der Waals surface area contributed by atoms with Crippen molar-refractivity contribution in [2.24, 2.45) is 0 Å². The van der Waals surface area contributed by atoms with Crippen molar-refractivity contribution in [3.8, 4) is 11.3 Å². The smallest absolute Gasteiger partial charge is 0.422 e. The van der Waals surface area contributed by atoms with Gasteiger partial charge in [-0.1, -0.05) is 27.2 Å². The fourth-order valence-corrected chi connectivity index (χ4v) is 1.92. The molecule has 0 bridgehead atoms. The second-order valence-corrected chi connectivity index (χ2v) is 4.41. The van der Waals surface area contributed by atoms with Crippen LogP contribution in [0.1, 0.15) is 39.3 Å². The molecule has 0 saturated carbocycles. The lowest BCUT2D eigenvalue weighted by molar-refractivity contribution is -0.270. The van der Waals surface area contributed by atoms with Crippen molar-refractivity contribution >= 4 is 0 Å². The van der Waals surface area contributed by atoms with Gasteiger partial charge in [-0.05, 0) is 18.6 Å². The molecule has 7 heteroatoms. The molecule has 2 heterocycles. The van der Waals surface area contributed by atoms with E-state index >= 15 is 0 Å². The summed E-state index contributed by atoms with van der Waals surface area (Å²) in [5.41, 5.74) is -2.86.